The number of urea groups is 1. The standard InChI is InChI=1S/C9H11ClN4O2/c1-12-9(15)13-7-3-2-5(4-6(7)10)8(11)14-16/h2-4,16H,1H3,(H2,11,14)(H2,12,13,15). The van der Waals surface area contributed by atoms with Crippen molar-refractivity contribution < 1.29 is 10.0 Å². The molecule has 0 saturated carbocycles. The highest BCUT2D eigenvalue weighted by atomic mass is 35.5. The summed E-state index contributed by atoms with van der Waals surface area (Å²) < 4.78 is 0. The van der Waals surface area contributed by atoms with Crippen LogP contribution in [0.25, 0.3) is 0 Å². The van der Waals surface area contributed by atoms with E-state index in [1.165, 1.54) is 13.1 Å². The summed E-state index contributed by atoms with van der Waals surface area (Å²) in [5.41, 5.74) is 6.29. The Kier molecular flexibility index (Phi) is 3.96. The first-order valence-electron chi connectivity index (χ1n) is 4.34. The number of carbonyl (C=O) groups is 1. The van der Waals surface area contributed by atoms with E-state index in [-0.39, 0.29) is 11.9 Å². The van der Waals surface area contributed by atoms with E-state index in [1.807, 2.05) is 0 Å². The quantitative estimate of drug-likeness (QED) is 0.271. The van der Waals surface area contributed by atoms with Crippen LogP contribution in [0.15, 0.2) is 23.4 Å². The number of carbonyl (C=O) groups excluding carboxylic acids is 1. The van der Waals surface area contributed by atoms with E-state index >= 15 is 0 Å². The van der Waals surface area contributed by atoms with Crippen molar-refractivity contribution in [1.82, 2.24) is 5.32 Å². The van der Waals surface area contributed by atoms with E-state index in [1.54, 1.807) is 12.1 Å². The Morgan fingerprint density at radius 3 is 2.75 bits per heavy atom. The number of nitrogens with two attached hydrogens (primary N) is 1. The summed E-state index contributed by atoms with van der Waals surface area (Å²) in [4.78, 5) is 11.0. The normalized spacial score (nSPS) is 11.0. The highest BCUT2D eigenvalue weighted by molar-refractivity contribution is 6.34. The number of hydrogen-bond acceptors (Lipinski definition) is 3. The zero-order valence-electron chi connectivity index (χ0n) is 8.49. The van der Waals surface area contributed by atoms with E-state index in [2.05, 4.69) is 15.8 Å². The summed E-state index contributed by atoms with van der Waals surface area (Å²) in [5.74, 6) is -0.0478. The fourth-order valence-electron chi connectivity index (χ4n) is 1.02. The average molecular weight is 243 g/mol. The minimum atomic E-state index is -0.376. The lowest BCUT2D eigenvalue weighted by molar-refractivity contribution is 0.254. The zero-order valence-corrected chi connectivity index (χ0v) is 9.25. The number of nitrogens with zero attached hydrogens (tertiary/aromatic N) is 1. The monoisotopic (exact) mass is 242 g/mol. The summed E-state index contributed by atoms with van der Waals surface area (Å²) >= 11 is 5.90. The molecule has 0 unspecified atom stereocenters. The van der Waals surface area contributed by atoms with Crippen molar-refractivity contribution >= 4 is 29.2 Å². The molecule has 0 atom stereocenters. The van der Waals surface area contributed by atoms with Crippen LogP contribution in [0.1, 0.15) is 5.56 Å². The molecule has 0 aromatic heterocycles. The molecule has 1 aromatic carbocycles. The summed E-state index contributed by atoms with van der Waals surface area (Å²) in [6.45, 7) is 0. The van der Waals surface area contributed by atoms with E-state index in [4.69, 9.17) is 22.5 Å². The molecule has 0 aliphatic heterocycles. The van der Waals surface area contributed by atoms with Crippen molar-refractivity contribution in [1.29, 1.82) is 0 Å². The van der Waals surface area contributed by atoms with E-state index in [9.17, 15) is 4.79 Å². The van der Waals surface area contributed by atoms with Crippen molar-refractivity contribution in [2.45, 2.75) is 0 Å². The lowest BCUT2D eigenvalue weighted by atomic mass is 10.2. The SMILES string of the molecule is CNC(=O)Nc1ccc(/C(N)=N/O)cc1Cl. The van der Waals surface area contributed by atoms with Gasteiger partial charge in [0.2, 0.25) is 0 Å². The number of rotatable bonds is 2. The number of oxime groups is 1. The molecule has 0 saturated heterocycles. The van der Waals surface area contributed by atoms with Gasteiger partial charge in [0.25, 0.3) is 0 Å². The van der Waals surface area contributed by atoms with Gasteiger partial charge in [-0.2, -0.15) is 0 Å². The molecule has 1 aromatic rings. The molecule has 0 aliphatic rings. The third-order valence-electron chi connectivity index (χ3n) is 1.85. The van der Waals surface area contributed by atoms with Gasteiger partial charge in [0.05, 0.1) is 10.7 Å². The fraction of sp³-hybridized carbons (Fsp3) is 0.111. The molecule has 5 N–H and O–H groups in total. The second kappa shape index (κ2) is 5.22. The molecule has 0 aliphatic carbocycles. The number of nitrogens with one attached hydrogen (secondary N) is 2. The number of benzene rings is 1. The molecule has 6 nitrogen and oxygen atoms in total. The van der Waals surface area contributed by atoms with E-state index in [0.717, 1.165) is 0 Å². The third kappa shape index (κ3) is 2.77. The lowest BCUT2D eigenvalue weighted by Gasteiger charge is -2.07. The Morgan fingerprint density at radius 1 is 1.56 bits per heavy atom. The Morgan fingerprint density at radius 2 is 2.25 bits per heavy atom. The maximum atomic E-state index is 11.0. The number of amidine groups is 1. The minimum Gasteiger partial charge on any atom is -0.409 e. The number of halogens is 1. The van der Waals surface area contributed by atoms with Gasteiger partial charge in [-0.05, 0) is 18.2 Å². The van der Waals surface area contributed by atoms with Crippen LogP contribution in [0.3, 0.4) is 0 Å². The van der Waals surface area contributed by atoms with Gasteiger partial charge in [0.15, 0.2) is 5.84 Å². The van der Waals surface area contributed by atoms with E-state index in [0.29, 0.717) is 16.3 Å². The predicted octanol–water partition coefficient (Wildman–Crippen LogP) is 1.19. The maximum Gasteiger partial charge on any atom is 0.319 e. The highest BCUT2D eigenvalue weighted by Gasteiger charge is 2.06. The fourth-order valence-corrected chi connectivity index (χ4v) is 1.25. The second-order valence-corrected chi connectivity index (χ2v) is 3.29. The first-order valence-corrected chi connectivity index (χ1v) is 4.72. The smallest absolute Gasteiger partial charge is 0.319 e. The van der Waals surface area contributed by atoms with Crippen LogP contribution in [-0.4, -0.2) is 24.1 Å². The summed E-state index contributed by atoms with van der Waals surface area (Å²) in [6.07, 6.45) is 0. The summed E-state index contributed by atoms with van der Waals surface area (Å²) in [5, 5.41) is 16.5. The number of hydrogen-bond donors (Lipinski definition) is 4. The van der Waals surface area contributed by atoms with Crippen LogP contribution in [0, 0.1) is 0 Å². The zero-order chi connectivity index (χ0) is 12.1. The van der Waals surface area contributed by atoms with Crippen LogP contribution in [0.2, 0.25) is 5.02 Å². The van der Waals surface area contributed by atoms with Crippen LogP contribution >= 0.6 is 11.6 Å². The van der Waals surface area contributed by atoms with Crippen LogP contribution in [0.5, 0.6) is 0 Å². The Bertz CT molecular complexity index is 434. The minimum absolute atomic E-state index is 0.0478. The summed E-state index contributed by atoms with van der Waals surface area (Å²) in [6, 6.07) is 4.25. The number of anilines is 1. The van der Waals surface area contributed by atoms with Gasteiger partial charge in [-0.25, -0.2) is 4.79 Å². The Balaban J connectivity index is 2.96. The third-order valence-corrected chi connectivity index (χ3v) is 2.16. The lowest BCUT2D eigenvalue weighted by Crippen LogP contribution is -2.24. The van der Waals surface area contributed by atoms with Crippen LogP contribution in [0.4, 0.5) is 10.5 Å². The first kappa shape index (κ1) is 12.1. The highest BCUT2D eigenvalue weighted by Crippen LogP contribution is 2.22. The second-order valence-electron chi connectivity index (χ2n) is 2.88. The van der Waals surface area contributed by atoms with Crippen molar-refractivity contribution in [3.8, 4) is 0 Å². The molecular weight excluding hydrogens is 232 g/mol. The largest absolute Gasteiger partial charge is 0.409 e. The van der Waals surface area contributed by atoms with E-state index < -0.39 is 0 Å². The maximum absolute atomic E-state index is 11.0. The topological polar surface area (TPSA) is 99.7 Å². The van der Waals surface area contributed by atoms with Gasteiger partial charge in [0, 0.05) is 12.6 Å². The van der Waals surface area contributed by atoms with Crippen molar-refractivity contribution in [2.24, 2.45) is 10.9 Å². The molecule has 0 radical (unpaired) electrons. The van der Waals surface area contributed by atoms with Gasteiger partial charge in [-0.1, -0.05) is 16.8 Å². The first-order chi connectivity index (χ1) is 7.58. The van der Waals surface area contributed by atoms with Crippen molar-refractivity contribution in [3.05, 3.63) is 28.8 Å². The Labute approximate surface area is 97.1 Å². The molecule has 86 valence electrons. The van der Waals surface area contributed by atoms with Gasteiger partial charge in [-0.3, -0.25) is 0 Å². The van der Waals surface area contributed by atoms with Gasteiger partial charge in [0.1, 0.15) is 0 Å². The predicted molar refractivity (Wildman–Crippen MR) is 62.0 cm³/mol. The molecule has 2 amide bonds. The van der Waals surface area contributed by atoms with Crippen LogP contribution in [-0.2, 0) is 0 Å². The molecule has 0 bridgehead atoms. The molecule has 0 spiro atoms. The molecule has 0 fully saturated rings. The van der Waals surface area contributed by atoms with Crippen molar-refractivity contribution in [2.75, 3.05) is 12.4 Å². The molecule has 7 heteroatoms. The number of amides is 2. The van der Waals surface area contributed by atoms with Gasteiger partial charge in [-0.15, -0.1) is 0 Å². The average Bonchev–Trinajstić information content (AvgIpc) is 2.30. The van der Waals surface area contributed by atoms with Gasteiger partial charge >= 0.3 is 6.03 Å². The Hall–Kier alpha value is -1.95. The van der Waals surface area contributed by atoms with Crippen LogP contribution < -0.4 is 16.4 Å². The van der Waals surface area contributed by atoms with Gasteiger partial charge < -0.3 is 21.6 Å². The molecule has 1 rings (SSSR count). The molecular formula is C9H11ClN4O2. The molecule has 16 heavy (non-hydrogen) atoms. The summed E-state index contributed by atoms with van der Waals surface area (Å²) in [7, 11) is 1.49. The van der Waals surface area contributed by atoms with Crippen molar-refractivity contribution in [3.63, 3.8) is 0 Å². The molecule has 0 heterocycles.